The van der Waals surface area contributed by atoms with Crippen LogP contribution in [0.25, 0.3) is 0 Å². The van der Waals surface area contributed by atoms with Crippen LogP contribution in [0, 0.1) is 13.7 Å². The summed E-state index contributed by atoms with van der Waals surface area (Å²) in [6.07, 6.45) is 0. The minimum Gasteiger partial charge on any atom is -0.494 e. The first-order valence-electron chi connectivity index (χ1n) is 7.61. The monoisotopic (exact) mass is 456 g/mol. The SMILES string of the molecule is CCOc1ccc(OCC)c(NC(=O)c2cc([N+](=O)[O-])ccc2I)c1. The van der Waals surface area contributed by atoms with Gasteiger partial charge in [0, 0.05) is 21.8 Å². The Morgan fingerprint density at radius 2 is 1.88 bits per heavy atom. The molecule has 2 aromatic carbocycles. The van der Waals surface area contributed by atoms with E-state index in [-0.39, 0.29) is 11.3 Å². The van der Waals surface area contributed by atoms with Crippen molar-refractivity contribution >= 4 is 39.9 Å². The number of ether oxygens (including phenoxy) is 2. The summed E-state index contributed by atoms with van der Waals surface area (Å²) >= 11 is 1.96. The number of nitrogens with one attached hydrogen (secondary N) is 1. The number of hydrogen-bond acceptors (Lipinski definition) is 5. The third-order valence-corrected chi connectivity index (χ3v) is 4.16. The number of carbonyl (C=O) groups excluding carboxylic acids is 1. The van der Waals surface area contributed by atoms with E-state index in [2.05, 4.69) is 5.32 Å². The lowest BCUT2D eigenvalue weighted by Gasteiger charge is -2.14. The van der Waals surface area contributed by atoms with Crippen LogP contribution < -0.4 is 14.8 Å². The average Bonchev–Trinajstić information content (AvgIpc) is 2.57. The summed E-state index contributed by atoms with van der Waals surface area (Å²) in [5.74, 6) is 0.637. The molecule has 7 nitrogen and oxygen atoms in total. The Bertz CT molecular complexity index is 795. The fraction of sp³-hybridized carbons (Fsp3) is 0.235. The molecule has 0 aliphatic heterocycles. The smallest absolute Gasteiger partial charge is 0.270 e. The number of amides is 1. The van der Waals surface area contributed by atoms with Crippen LogP contribution in [0.4, 0.5) is 11.4 Å². The molecule has 0 bridgehead atoms. The van der Waals surface area contributed by atoms with Gasteiger partial charge in [-0.05, 0) is 54.6 Å². The van der Waals surface area contributed by atoms with Crippen LogP contribution in [0.15, 0.2) is 36.4 Å². The topological polar surface area (TPSA) is 90.7 Å². The minimum absolute atomic E-state index is 0.140. The van der Waals surface area contributed by atoms with Gasteiger partial charge in [-0.1, -0.05) is 0 Å². The summed E-state index contributed by atoms with van der Waals surface area (Å²) in [5, 5.41) is 13.7. The average molecular weight is 456 g/mol. The number of benzene rings is 2. The Kier molecular flexibility index (Phi) is 6.57. The van der Waals surface area contributed by atoms with Crippen molar-refractivity contribution in [3.63, 3.8) is 0 Å². The van der Waals surface area contributed by atoms with Gasteiger partial charge >= 0.3 is 0 Å². The van der Waals surface area contributed by atoms with Gasteiger partial charge in [0.25, 0.3) is 11.6 Å². The summed E-state index contributed by atoms with van der Waals surface area (Å²) in [6.45, 7) is 4.63. The van der Waals surface area contributed by atoms with E-state index in [0.29, 0.717) is 34.0 Å². The third-order valence-electron chi connectivity index (χ3n) is 3.22. The van der Waals surface area contributed by atoms with Crippen LogP contribution in [0.5, 0.6) is 11.5 Å². The molecular formula is C17H17IN2O5. The molecule has 1 N–H and O–H groups in total. The van der Waals surface area contributed by atoms with E-state index in [0.717, 1.165) is 0 Å². The second kappa shape index (κ2) is 8.65. The summed E-state index contributed by atoms with van der Waals surface area (Å²) in [7, 11) is 0. The van der Waals surface area contributed by atoms with Gasteiger partial charge in [0.2, 0.25) is 0 Å². The molecule has 25 heavy (non-hydrogen) atoms. The molecule has 2 rings (SSSR count). The van der Waals surface area contributed by atoms with E-state index in [9.17, 15) is 14.9 Å². The Morgan fingerprint density at radius 1 is 1.16 bits per heavy atom. The minimum atomic E-state index is -0.534. The highest BCUT2D eigenvalue weighted by molar-refractivity contribution is 14.1. The van der Waals surface area contributed by atoms with Gasteiger partial charge in [-0.25, -0.2) is 0 Å². The molecule has 0 aromatic heterocycles. The number of carbonyl (C=O) groups is 1. The van der Waals surface area contributed by atoms with Crippen molar-refractivity contribution in [1.82, 2.24) is 0 Å². The standard InChI is InChI=1S/C17H17IN2O5/c1-3-24-12-6-8-16(25-4-2)15(10-12)19-17(21)13-9-11(20(22)23)5-7-14(13)18/h5-10H,3-4H2,1-2H3,(H,19,21). The molecule has 0 fully saturated rings. The molecule has 0 saturated carbocycles. The van der Waals surface area contributed by atoms with Gasteiger partial charge in [0.05, 0.1) is 29.4 Å². The van der Waals surface area contributed by atoms with E-state index in [4.69, 9.17) is 9.47 Å². The van der Waals surface area contributed by atoms with Crippen molar-refractivity contribution in [3.8, 4) is 11.5 Å². The lowest BCUT2D eigenvalue weighted by atomic mass is 10.2. The number of rotatable bonds is 7. The van der Waals surface area contributed by atoms with Crippen molar-refractivity contribution in [2.75, 3.05) is 18.5 Å². The molecule has 0 radical (unpaired) electrons. The summed E-state index contributed by atoms with van der Waals surface area (Å²) in [4.78, 5) is 23.0. The molecule has 8 heteroatoms. The van der Waals surface area contributed by atoms with Crippen LogP contribution in [-0.2, 0) is 0 Å². The van der Waals surface area contributed by atoms with Gasteiger partial charge < -0.3 is 14.8 Å². The van der Waals surface area contributed by atoms with Gasteiger partial charge in [-0.15, -0.1) is 0 Å². The summed E-state index contributed by atoms with van der Waals surface area (Å²) < 4.78 is 11.6. The first kappa shape index (κ1) is 19.0. The summed E-state index contributed by atoms with van der Waals surface area (Å²) in [5.41, 5.74) is 0.526. The largest absolute Gasteiger partial charge is 0.494 e. The molecule has 132 valence electrons. The number of anilines is 1. The molecule has 2 aromatic rings. The zero-order chi connectivity index (χ0) is 18.4. The molecule has 0 aliphatic carbocycles. The third kappa shape index (κ3) is 4.81. The lowest BCUT2D eigenvalue weighted by Crippen LogP contribution is -2.15. The first-order valence-corrected chi connectivity index (χ1v) is 8.69. The van der Waals surface area contributed by atoms with E-state index < -0.39 is 10.8 Å². The van der Waals surface area contributed by atoms with Crippen molar-refractivity contribution in [2.24, 2.45) is 0 Å². The Hall–Kier alpha value is -2.36. The van der Waals surface area contributed by atoms with Crippen molar-refractivity contribution < 1.29 is 19.2 Å². The second-order valence-electron chi connectivity index (χ2n) is 4.90. The van der Waals surface area contributed by atoms with E-state index in [1.54, 1.807) is 18.2 Å². The predicted octanol–water partition coefficient (Wildman–Crippen LogP) is 4.25. The fourth-order valence-electron chi connectivity index (χ4n) is 2.14. The van der Waals surface area contributed by atoms with Crippen molar-refractivity contribution in [3.05, 3.63) is 55.6 Å². The molecule has 0 atom stereocenters. The summed E-state index contributed by atoms with van der Waals surface area (Å²) in [6, 6.07) is 9.28. The number of nitro groups is 1. The van der Waals surface area contributed by atoms with Crippen LogP contribution in [0.1, 0.15) is 24.2 Å². The Labute approximate surface area is 158 Å². The number of halogens is 1. The van der Waals surface area contributed by atoms with Gasteiger partial charge in [0.1, 0.15) is 11.5 Å². The number of nitrogens with zero attached hydrogens (tertiary/aromatic N) is 1. The number of non-ortho nitro benzene ring substituents is 1. The van der Waals surface area contributed by atoms with Crippen molar-refractivity contribution in [1.29, 1.82) is 0 Å². The van der Waals surface area contributed by atoms with E-state index in [1.807, 2.05) is 36.4 Å². The Morgan fingerprint density at radius 3 is 2.52 bits per heavy atom. The zero-order valence-corrected chi connectivity index (χ0v) is 15.9. The van der Waals surface area contributed by atoms with Crippen LogP contribution in [0.2, 0.25) is 0 Å². The lowest BCUT2D eigenvalue weighted by molar-refractivity contribution is -0.384. The highest BCUT2D eigenvalue weighted by Gasteiger charge is 2.17. The Balaban J connectivity index is 2.34. The predicted molar refractivity (Wildman–Crippen MR) is 103 cm³/mol. The maximum atomic E-state index is 12.6. The van der Waals surface area contributed by atoms with Crippen LogP contribution >= 0.6 is 22.6 Å². The van der Waals surface area contributed by atoms with Crippen LogP contribution in [0.3, 0.4) is 0 Å². The van der Waals surface area contributed by atoms with E-state index >= 15 is 0 Å². The molecule has 0 heterocycles. The molecule has 0 saturated heterocycles. The molecular weight excluding hydrogens is 439 g/mol. The molecule has 0 unspecified atom stereocenters. The molecule has 0 aliphatic rings. The normalized spacial score (nSPS) is 10.2. The van der Waals surface area contributed by atoms with Crippen molar-refractivity contribution in [2.45, 2.75) is 13.8 Å². The highest BCUT2D eigenvalue weighted by atomic mass is 127. The first-order chi connectivity index (χ1) is 12.0. The fourth-order valence-corrected chi connectivity index (χ4v) is 2.72. The van der Waals surface area contributed by atoms with Gasteiger partial charge in [-0.2, -0.15) is 0 Å². The maximum Gasteiger partial charge on any atom is 0.270 e. The van der Waals surface area contributed by atoms with E-state index in [1.165, 1.54) is 18.2 Å². The second-order valence-corrected chi connectivity index (χ2v) is 6.06. The highest BCUT2D eigenvalue weighted by Crippen LogP contribution is 2.30. The number of hydrogen-bond donors (Lipinski definition) is 1. The molecule has 0 spiro atoms. The zero-order valence-electron chi connectivity index (χ0n) is 13.7. The van der Waals surface area contributed by atoms with Gasteiger partial charge in [-0.3, -0.25) is 14.9 Å². The maximum absolute atomic E-state index is 12.6. The van der Waals surface area contributed by atoms with Gasteiger partial charge in [0.15, 0.2) is 0 Å². The van der Waals surface area contributed by atoms with Crippen LogP contribution in [-0.4, -0.2) is 24.0 Å². The quantitative estimate of drug-likeness (QED) is 0.382. The molecule has 1 amide bonds. The number of nitro benzene ring substituents is 1.